The SMILES string of the molecule is CC(=O)Nc1cc(Nc2cc(NC3CC3)n3ncc(C#N)c3n2)ccc1N(C)C[C@H](C)N. The highest BCUT2D eigenvalue weighted by atomic mass is 16.1. The first-order valence-corrected chi connectivity index (χ1v) is 10.5. The van der Waals surface area contributed by atoms with Gasteiger partial charge in [-0.1, -0.05) is 0 Å². The van der Waals surface area contributed by atoms with Crippen LogP contribution in [0.25, 0.3) is 5.65 Å². The van der Waals surface area contributed by atoms with Gasteiger partial charge in [-0.15, -0.1) is 0 Å². The van der Waals surface area contributed by atoms with E-state index >= 15 is 0 Å². The number of nitrogens with one attached hydrogen (secondary N) is 3. The van der Waals surface area contributed by atoms with Crippen LogP contribution in [0.2, 0.25) is 0 Å². The molecule has 0 radical (unpaired) electrons. The molecule has 10 heteroatoms. The van der Waals surface area contributed by atoms with Crippen LogP contribution in [0.5, 0.6) is 0 Å². The number of likely N-dealkylation sites (N-methyl/N-ethyl adjacent to an activating group) is 1. The summed E-state index contributed by atoms with van der Waals surface area (Å²) in [7, 11) is 1.94. The van der Waals surface area contributed by atoms with Crippen LogP contribution in [0.4, 0.5) is 28.7 Å². The fraction of sp³-hybridized carbons (Fsp3) is 0.364. The molecule has 0 bridgehead atoms. The number of hydrogen-bond acceptors (Lipinski definition) is 8. The van der Waals surface area contributed by atoms with Gasteiger partial charge in [-0.05, 0) is 38.0 Å². The molecule has 1 saturated carbocycles. The van der Waals surface area contributed by atoms with E-state index in [-0.39, 0.29) is 11.9 Å². The number of nitrogens with zero attached hydrogens (tertiary/aromatic N) is 5. The highest BCUT2D eigenvalue weighted by molar-refractivity contribution is 5.94. The molecule has 0 saturated heterocycles. The number of nitriles is 1. The predicted octanol–water partition coefficient (Wildman–Crippen LogP) is 2.66. The Labute approximate surface area is 186 Å². The topological polar surface area (TPSA) is 136 Å². The summed E-state index contributed by atoms with van der Waals surface area (Å²) in [5, 5.41) is 23.3. The summed E-state index contributed by atoms with van der Waals surface area (Å²) < 4.78 is 1.65. The third-order valence-corrected chi connectivity index (χ3v) is 5.07. The van der Waals surface area contributed by atoms with Crippen molar-refractivity contribution in [1.82, 2.24) is 14.6 Å². The van der Waals surface area contributed by atoms with E-state index < -0.39 is 0 Å². The molecule has 3 aromatic rings. The summed E-state index contributed by atoms with van der Waals surface area (Å²) in [5.74, 6) is 1.19. The zero-order valence-corrected chi connectivity index (χ0v) is 18.4. The average molecular weight is 434 g/mol. The van der Waals surface area contributed by atoms with E-state index in [2.05, 4.69) is 32.1 Å². The number of aromatic nitrogens is 3. The number of carbonyl (C=O) groups excluding carboxylic acids is 1. The standard InChI is InChI=1S/C22H27N9O/c1-13(24)12-30(3)19-7-6-17(8-18(19)26-14(2)32)27-20-9-21(28-16-4-5-16)31-22(29-20)15(10-23)11-25-31/h6-9,11,13,16,28H,4-5,12,24H2,1-3H3,(H,26,32)(H,27,29)/t13-/m0/s1. The second kappa shape index (κ2) is 8.72. The highest BCUT2D eigenvalue weighted by Crippen LogP contribution is 2.31. The summed E-state index contributed by atoms with van der Waals surface area (Å²) in [6.07, 6.45) is 3.73. The monoisotopic (exact) mass is 433 g/mol. The van der Waals surface area contributed by atoms with Gasteiger partial charge in [0.1, 0.15) is 23.3 Å². The van der Waals surface area contributed by atoms with Crippen molar-refractivity contribution in [3.63, 3.8) is 0 Å². The Morgan fingerprint density at radius 1 is 1.41 bits per heavy atom. The Hall–Kier alpha value is -3.84. The molecular formula is C22H27N9O. The minimum absolute atomic E-state index is 0.0127. The van der Waals surface area contributed by atoms with E-state index in [1.54, 1.807) is 4.52 Å². The summed E-state index contributed by atoms with van der Waals surface area (Å²) >= 11 is 0. The van der Waals surface area contributed by atoms with Crippen molar-refractivity contribution in [1.29, 1.82) is 5.26 Å². The normalized spacial score (nSPS) is 14.0. The van der Waals surface area contributed by atoms with E-state index in [1.165, 1.54) is 13.1 Å². The lowest BCUT2D eigenvalue weighted by Gasteiger charge is -2.25. The van der Waals surface area contributed by atoms with Gasteiger partial charge in [0.2, 0.25) is 5.91 Å². The van der Waals surface area contributed by atoms with Gasteiger partial charge in [-0.3, -0.25) is 4.79 Å². The molecule has 1 amide bonds. The first-order chi connectivity index (χ1) is 15.3. The van der Waals surface area contributed by atoms with Crippen LogP contribution in [0.15, 0.2) is 30.5 Å². The highest BCUT2D eigenvalue weighted by Gasteiger charge is 2.23. The maximum Gasteiger partial charge on any atom is 0.221 e. The van der Waals surface area contributed by atoms with E-state index in [4.69, 9.17) is 5.73 Å². The van der Waals surface area contributed by atoms with Crippen molar-refractivity contribution in [2.45, 2.75) is 38.8 Å². The number of hydrogen-bond donors (Lipinski definition) is 4. The van der Waals surface area contributed by atoms with Crippen LogP contribution < -0.4 is 26.6 Å². The molecule has 1 atom stereocenters. The van der Waals surface area contributed by atoms with Gasteiger partial charge < -0.3 is 26.6 Å². The maximum atomic E-state index is 11.8. The van der Waals surface area contributed by atoms with E-state index in [1.807, 2.05) is 43.1 Å². The van der Waals surface area contributed by atoms with Gasteiger partial charge in [0.05, 0.1) is 17.6 Å². The number of benzene rings is 1. The second-order valence-electron chi connectivity index (χ2n) is 8.25. The second-order valence-corrected chi connectivity index (χ2v) is 8.25. The molecule has 1 fully saturated rings. The van der Waals surface area contributed by atoms with E-state index in [0.29, 0.717) is 35.3 Å². The van der Waals surface area contributed by atoms with Crippen molar-refractivity contribution in [3.05, 3.63) is 36.0 Å². The lowest BCUT2D eigenvalue weighted by molar-refractivity contribution is -0.114. The lowest BCUT2D eigenvalue weighted by atomic mass is 10.2. The Morgan fingerprint density at radius 3 is 2.84 bits per heavy atom. The molecule has 2 aromatic heterocycles. The summed E-state index contributed by atoms with van der Waals surface area (Å²) in [5.41, 5.74) is 9.11. The molecule has 2 heterocycles. The molecule has 0 spiro atoms. The van der Waals surface area contributed by atoms with Crippen molar-refractivity contribution in [2.75, 3.05) is 34.4 Å². The number of carbonyl (C=O) groups is 1. The largest absolute Gasteiger partial charge is 0.371 e. The first kappa shape index (κ1) is 21.4. The molecule has 1 aliphatic carbocycles. The summed E-state index contributed by atoms with van der Waals surface area (Å²) in [6, 6.07) is 10.1. The molecule has 166 valence electrons. The van der Waals surface area contributed by atoms with Crippen molar-refractivity contribution in [3.8, 4) is 6.07 Å². The first-order valence-electron chi connectivity index (χ1n) is 10.5. The van der Waals surface area contributed by atoms with Crippen LogP contribution in [-0.4, -0.2) is 46.2 Å². The van der Waals surface area contributed by atoms with Gasteiger partial charge in [-0.2, -0.15) is 14.9 Å². The minimum Gasteiger partial charge on any atom is -0.371 e. The fourth-order valence-corrected chi connectivity index (χ4v) is 3.56. The third-order valence-electron chi connectivity index (χ3n) is 5.07. The molecule has 32 heavy (non-hydrogen) atoms. The molecule has 1 aromatic carbocycles. The minimum atomic E-state index is -0.161. The van der Waals surface area contributed by atoms with Crippen molar-refractivity contribution >= 4 is 40.3 Å². The number of rotatable bonds is 8. The van der Waals surface area contributed by atoms with E-state index in [9.17, 15) is 10.1 Å². The Balaban J connectivity index is 1.68. The van der Waals surface area contributed by atoms with Gasteiger partial charge in [0.25, 0.3) is 0 Å². The van der Waals surface area contributed by atoms with Crippen LogP contribution >= 0.6 is 0 Å². The molecule has 5 N–H and O–H groups in total. The van der Waals surface area contributed by atoms with Crippen molar-refractivity contribution < 1.29 is 4.79 Å². The van der Waals surface area contributed by atoms with Gasteiger partial charge in [0, 0.05) is 44.4 Å². The lowest BCUT2D eigenvalue weighted by Crippen LogP contribution is -2.33. The smallest absolute Gasteiger partial charge is 0.221 e. The Bertz CT molecular complexity index is 1190. The number of fused-ring (bicyclic) bond motifs is 1. The molecule has 4 rings (SSSR count). The Morgan fingerprint density at radius 2 is 2.19 bits per heavy atom. The van der Waals surface area contributed by atoms with Gasteiger partial charge in [-0.25, -0.2) is 4.98 Å². The zero-order valence-electron chi connectivity index (χ0n) is 18.4. The van der Waals surface area contributed by atoms with Crippen LogP contribution in [0.1, 0.15) is 32.3 Å². The number of anilines is 5. The predicted molar refractivity (Wildman–Crippen MR) is 125 cm³/mol. The molecule has 10 nitrogen and oxygen atoms in total. The van der Waals surface area contributed by atoms with Crippen LogP contribution in [0.3, 0.4) is 0 Å². The van der Waals surface area contributed by atoms with Crippen LogP contribution in [0, 0.1) is 11.3 Å². The fourth-order valence-electron chi connectivity index (χ4n) is 3.56. The van der Waals surface area contributed by atoms with Gasteiger partial charge in [0.15, 0.2) is 5.65 Å². The maximum absolute atomic E-state index is 11.8. The number of amides is 1. The third kappa shape index (κ3) is 4.73. The van der Waals surface area contributed by atoms with Crippen molar-refractivity contribution in [2.24, 2.45) is 5.73 Å². The Kier molecular flexibility index (Phi) is 5.83. The zero-order chi connectivity index (χ0) is 22.8. The quantitative estimate of drug-likeness (QED) is 0.426. The summed E-state index contributed by atoms with van der Waals surface area (Å²) in [4.78, 5) is 18.4. The van der Waals surface area contributed by atoms with Gasteiger partial charge >= 0.3 is 0 Å². The molecule has 0 unspecified atom stereocenters. The number of nitrogens with two attached hydrogens (primary N) is 1. The molecule has 1 aliphatic rings. The molecule has 0 aliphatic heterocycles. The average Bonchev–Trinajstić information content (AvgIpc) is 3.43. The molecular weight excluding hydrogens is 406 g/mol. The van der Waals surface area contributed by atoms with E-state index in [0.717, 1.165) is 30.0 Å². The summed E-state index contributed by atoms with van der Waals surface area (Å²) in [6.45, 7) is 4.06. The van der Waals surface area contributed by atoms with Crippen LogP contribution in [-0.2, 0) is 4.79 Å².